The Kier molecular flexibility index (Phi) is 9.28. The summed E-state index contributed by atoms with van der Waals surface area (Å²) in [4.78, 5) is 9.03. The topological polar surface area (TPSA) is 58.5 Å². The average molecular weight is 432 g/mol. The van der Waals surface area contributed by atoms with Gasteiger partial charge in [-0.05, 0) is 52.5 Å². The molecule has 0 unspecified atom stereocenters. The van der Waals surface area contributed by atoms with Gasteiger partial charge in [0.05, 0.1) is 6.54 Å². The van der Waals surface area contributed by atoms with Gasteiger partial charge in [0, 0.05) is 24.3 Å². The highest BCUT2D eigenvalue weighted by atomic mass is 127. The Labute approximate surface area is 156 Å². The SMILES string of the molecule is CCNC(=NCc1cccnc1OC1CCCC1)NC(C)C.I. The summed E-state index contributed by atoms with van der Waals surface area (Å²) in [5, 5.41) is 6.58. The van der Waals surface area contributed by atoms with Gasteiger partial charge in [-0.1, -0.05) is 6.07 Å². The monoisotopic (exact) mass is 432 g/mol. The van der Waals surface area contributed by atoms with E-state index in [0.29, 0.717) is 18.7 Å². The van der Waals surface area contributed by atoms with Gasteiger partial charge in [0.2, 0.25) is 5.88 Å². The van der Waals surface area contributed by atoms with Gasteiger partial charge in [0.15, 0.2) is 5.96 Å². The van der Waals surface area contributed by atoms with E-state index >= 15 is 0 Å². The van der Waals surface area contributed by atoms with Crippen LogP contribution in [0.2, 0.25) is 0 Å². The molecule has 0 saturated heterocycles. The number of ether oxygens (including phenoxy) is 1. The maximum absolute atomic E-state index is 6.06. The molecule has 1 aliphatic rings. The fourth-order valence-electron chi connectivity index (χ4n) is 2.57. The Hall–Kier alpha value is -1.05. The second kappa shape index (κ2) is 10.7. The molecule has 6 heteroatoms. The van der Waals surface area contributed by atoms with Gasteiger partial charge in [-0.15, -0.1) is 24.0 Å². The summed E-state index contributed by atoms with van der Waals surface area (Å²) in [6.07, 6.45) is 6.89. The highest BCUT2D eigenvalue weighted by Gasteiger charge is 2.18. The van der Waals surface area contributed by atoms with Crippen LogP contribution in [0.4, 0.5) is 0 Å². The summed E-state index contributed by atoms with van der Waals surface area (Å²) in [6.45, 7) is 7.68. The molecule has 0 aromatic carbocycles. The maximum Gasteiger partial charge on any atom is 0.218 e. The minimum Gasteiger partial charge on any atom is -0.474 e. The number of hydrogen-bond donors (Lipinski definition) is 2. The van der Waals surface area contributed by atoms with Crippen LogP contribution in [-0.2, 0) is 6.54 Å². The maximum atomic E-state index is 6.06. The molecule has 5 nitrogen and oxygen atoms in total. The average Bonchev–Trinajstić information content (AvgIpc) is 2.99. The van der Waals surface area contributed by atoms with Crippen molar-refractivity contribution in [3.63, 3.8) is 0 Å². The summed E-state index contributed by atoms with van der Waals surface area (Å²) in [5.41, 5.74) is 1.04. The fourth-order valence-corrected chi connectivity index (χ4v) is 2.57. The summed E-state index contributed by atoms with van der Waals surface area (Å²) in [5.74, 6) is 1.56. The van der Waals surface area contributed by atoms with Crippen LogP contribution in [-0.4, -0.2) is 29.6 Å². The van der Waals surface area contributed by atoms with E-state index in [2.05, 4.69) is 41.4 Å². The number of aromatic nitrogens is 1. The molecule has 1 saturated carbocycles. The summed E-state index contributed by atoms with van der Waals surface area (Å²) in [6, 6.07) is 4.33. The van der Waals surface area contributed by atoms with Crippen molar-refractivity contribution in [3.05, 3.63) is 23.9 Å². The summed E-state index contributed by atoms with van der Waals surface area (Å²) >= 11 is 0. The molecule has 1 aromatic rings. The lowest BCUT2D eigenvalue weighted by Gasteiger charge is -2.16. The third-order valence-corrected chi connectivity index (χ3v) is 3.61. The van der Waals surface area contributed by atoms with Gasteiger partial charge in [-0.2, -0.15) is 0 Å². The first kappa shape index (κ1) is 20.0. The van der Waals surface area contributed by atoms with E-state index in [1.165, 1.54) is 12.8 Å². The molecule has 1 aliphatic carbocycles. The fraction of sp³-hybridized carbons (Fsp3) is 0.647. The zero-order chi connectivity index (χ0) is 15.8. The Morgan fingerprint density at radius 3 is 2.78 bits per heavy atom. The minimum atomic E-state index is 0. The first-order valence-electron chi connectivity index (χ1n) is 8.34. The van der Waals surface area contributed by atoms with E-state index in [0.717, 1.165) is 36.8 Å². The molecule has 2 N–H and O–H groups in total. The van der Waals surface area contributed by atoms with Crippen molar-refractivity contribution in [2.75, 3.05) is 6.54 Å². The highest BCUT2D eigenvalue weighted by Crippen LogP contribution is 2.25. The predicted octanol–water partition coefficient (Wildman–Crippen LogP) is 3.48. The van der Waals surface area contributed by atoms with Crippen LogP contribution in [0.15, 0.2) is 23.3 Å². The second-order valence-electron chi connectivity index (χ2n) is 5.99. The lowest BCUT2D eigenvalue weighted by Crippen LogP contribution is -2.41. The molecule has 1 aromatic heterocycles. The van der Waals surface area contributed by atoms with E-state index in [-0.39, 0.29) is 24.0 Å². The van der Waals surface area contributed by atoms with Crippen molar-refractivity contribution in [1.29, 1.82) is 0 Å². The molecule has 130 valence electrons. The van der Waals surface area contributed by atoms with Crippen LogP contribution in [0.5, 0.6) is 5.88 Å². The first-order valence-corrected chi connectivity index (χ1v) is 8.34. The highest BCUT2D eigenvalue weighted by molar-refractivity contribution is 14.0. The van der Waals surface area contributed by atoms with Crippen LogP contribution >= 0.6 is 24.0 Å². The third kappa shape index (κ3) is 6.93. The molecule has 0 atom stereocenters. The standard InChI is InChI=1S/C17H28N4O.HI/c1-4-18-17(21-13(2)3)20-12-14-8-7-11-19-16(14)22-15-9-5-6-10-15;/h7-8,11,13,15H,4-6,9-10,12H2,1-3H3,(H2,18,20,21);1H. The quantitative estimate of drug-likeness (QED) is 0.411. The normalized spacial score (nSPS) is 15.4. The smallest absolute Gasteiger partial charge is 0.218 e. The molecule has 1 heterocycles. The minimum absolute atomic E-state index is 0. The molecule has 1 fully saturated rings. The van der Waals surface area contributed by atoms with E-state index in [9.17, 15) is 0 Å². The Balaban J connectivity index is 0.00000264. The van der Waals surface area contributed by atoms with Gasteiger partial charge >= 0.3 is 0 Å². The van der Waals surface area contributed by atoms with E-state index < -0.39 is 0 Å². The predicted molar refractivity (Wildman–Crippen MR) is 106 cm³/mol. The third-order valence-electron chi connectivity index (χ3n) is 3.61. The van der Waals surface area contributed by atoms with Crippen LogP contribution in [0.3, 0.4) is 0 Å². The van der Waals surface area contributed by atoms with Gasteiger partial charge < -0.3 is 15.4 Å². The lowest BCUT2D eigenvalue weighted by atomic mass is 10.2. The molecule has 0 aliphatic heterocycles. The van der Waals surface area contributed by atoms with Crippen molar-refractivity contribution >= 4 is 29.9 Å². The lowest BCUT2D eigenvalue weighted by molar-refractivity contribution is 0.199. The molecule has 0 radical (unpaired) electrons. The van der Waals surface area contributed by atoms with Crippen LogP contribution in [0.25, 0.3) is 0 Å². The molecule has 23 heavy (non-hydrogen) atoms. The Morgan fingerprint density at radius 1 is 1.39 bits per heavy atom. The molecular weight excluding hydrogens is 403 g/mol. The first-order chi connectivity index (χ1) is 10.7. The van der Waals surface area contributed by atoms with Crippen LogP contribution in [0, 0.1) is 0 Å². The van der Waals surface area contributed by atoms with Crippen molar-refractivity contribution in [3.8, 4) is 5.88 Å². The largest absolute Gasteiger partial charge is 0.474 e. The van der Waals surface area contributed by atoms with Crippen LogP contribution < -0.4 is 15.4 Å². The van der Waals surface area contributed by atoms with Crippen molar-refractivity contribution in [2.24, 2.45) is 4.99 Å². The number of nitrogens with one attached hydrogen (secondary N) is 2. The summed E-state index contributed by atoms with van der Waals surface area (Å²) in [7, 11) is 0. The zero-order valence-corrected chi connectivity index (χ0v) is 16.7. The molecule has 0 spiro atoms. The number of guanidine groups is 1. The van der Waals surface area contributed by atoms with Gasteiger partial charge in [0.25, 0.3) is 0 Å². The number of pyridine rings is 1. The Bertz CT molecular complexity index is 487. The second-order valence-corrected chi connectivity index (χ2v) is 5.99. The van der Waals surface area contributed by atoms with E-state index in [1.54, 1.807) is 6.20 Å². The van der Waals surface area contributed by atoms with Gasteiger partial charge in [-0.3, -0.25) is 0 Å². The Morgan fingerprint density at radius 2 is 2.13 bits per heavy atom. The molecular formula is C17H29IN4O. The van der Waals surface area contributed by atoms with E-state index in [1.807, 2.05) is 12.1 Å². The molecule has 0 bridgehead atoms. The summed E-state index contributed by atoms with van der Waals surface area (Å²) < 4.78 is 6.06. The number of hydrogen-bond acceptors (Lipinski definition) is 3. The van der Waals surface area contributed by atoms with Crippen molar-refractivity contribution < 1.29 is 4.74 Å². The number of nitrogens with zero attached hydrogens (tertiary/aromatic N) is 2. The molecule has 2 rings (SSSR count). The number of aliphatic imine (C=N–C) groups is 1. The zero-order valence-electron chi connectivity index (χ0n) is 14.3. The number of halogens is 1. The molecule has 0 amide bonds. The van der Waals surface area contributed by atoms with Crippen LogP contribution in [0.1, 0.15) is 52.0 Å². The van der Waals surface area contributed by atoms with Crippen molar-refractivity contribution in [1.82, 2.24) is 15.6 Å². The van der Waals surface area contributed by atoms with E-state index in [4.69, 9.17) is 4.74 Å². The number of rotatable bonds is 6. The van der Waals surface area contributed by atoms with Gasteiger partial charge in [0.1, 0.15) is 6.10 Å². The van der Waals surface area contributed by atoms with Gasteiger partial charge in [-0.25, -0.2) is 9.98 Å². The van der Waals surface area contributed by atoms with Crippen molar-refractivity contribution in [2.45, 2.75) is 65.1 Å².